The van der Waals surface area contributed by atoms with Crippen LogP contribution in [0.1, 0.15) is 0 Å². The van der Waals surface area contributed by atoms with Crippen LogP contribution in [-0.2, 0) is 0 Å². The van der Waals surface area contributed by atoms with Gasteiger partial charge in [-0.15, -0.1) is 0 Å². The molecule has 3 nitrogen and oxygen atoms in total. The van der Waals surface area contributed by atoms with Gasteiger partial charge in [0, 0.05) is 27.5 Å². The lowest BCUT2D eigenvalue weighted by molar-refractivity contribution is 0.669. The molecule has 2 heterocycles. The van der Waals surface area contributed by atoms with E-state index in [1.165, 1.54) is 37.9 Å². The molecule has 3 heteroatoms. The van der Waals surface area contributed by atoms with Crippen LogP contribution in [0, 0.1) is 0 Å². The van der Waals surface area contributed by atoms with Crippen molar-refractivity contribution < 1.29 is 4.42 Å². The Balaban J connectivity index is 1.04. The van der Waals surface area contributed by atoms with E-state index in [1.54, 1.807) is 0 Å². The van der Waals surface area contributed by atoms with Crippen molar-refractivity contribution in [1.82, 2.24) is 9.97 Å². The van der Waals surface area contributed by atoms with Crippen LogP contribution in [0.15, 0.2) is 223 Å². The zero-order valence-corrected chi connectivity index (χ0v) is 33.1. The highest BCUT2D eigenvalue weighted by molar-refractivity contribution is 6.20. The number of fused-ring (bicyclic) bond motifs is 7. The largest absolute Gasteiger partial charge is 0.456 e. The molecule has 0 aliphatic heterocycles. The monoisotopic (exact) mass is 776 g/mol. The highest BCUT2D eigenvalue weighted by atomic mass is 16.3. The first-order valence-electron chi connectivity index (χ1n) is 20.7. The van der Waals surface area contributed by atoms with Crippen LogP contribution in [0.5, 0.6) is 0 Å². The molecule has 0 unspecified atom stereocenters. The number of para-hydroxylation sites is 1. The summed E-state index contributed by atoms with van der Waals surface area (Å²) in [6.07, 6.45) is 0. The minimum atomic E-state index is 0.665. The lowest BCUT2D eigenvalue weighted by Gasteiger charge is -2.16. The third kappa shape index (κ3) is 5.98. The predicted molar refractivity (Wildman–Crippen MR) is 254 cm³/mol. The van der Waals surface area contributed by atoms with Crippen LogP contribution in [0.4, 0.5) is 0 Å². The first kappa shape index (κ1) is 34.9. The Kier molecular flexibility index (Phi) is 8.17. The third-order valence-corrected chi connectivity index (χ3v) is 12.1. The van der Waals surface area contributed by atoms with Gasteiger partial charge in [0.05, 0.1) is 11.4 Å². The third-order valence-electron chi connectivity index (χ3n) is 12.1. The van der Waals surface area contributed by atoms with E-state index in [1.807, 2.05) is 12.1 Å². The molecule has 0 saturated carbocycles. The lowest BCUT2D eigenvalue weighted by Crippen LogP contribution is -1.98. The highest BCUT2D eigenvalue weighted by Crippen LogP contribution is 2.42. The van der Waals surface area contributed by atoms with Crippen LogP contribution in [-0.4, -0.2) is 9.97 Å². The summed E-state index contributed by atoms with van der Waals surface area (Å²) in [7, 11) is 0. The summed E-state index contributed by atoms with van der Waals surface area (Å²) in [6.45, 7) is 0. The molecule has 0 spiro atoms. The number of hydrogen-bond acceptors (Lipinski definition) is 3. The average Bonchev–Trinajstić information content (AvgIpc) is 3.71. The first-order valence-corrected chi connectivity index (χ1v) is 20.7. The smallest absolute Gasteiger partial charge is 0.160 e. The lowest BCUT2D eigenvalue weighted by atomic mass is 9.89. The van der Waals surface area contributed by atoms with Gasteiger partial charge < -0.3 is 4.42 Å². The van der Waals surface area contributed by atoms with Crippen LogP contribution < -0.4 is 0 Å². The van der Waals surface area contributed by atoms with Gasteiger partial charge in [-0.05, 0) is 96.0 Å². The standard InChI is InChI=1S/C58H36N2O/c1-2-14-37(15-3-1)43-18-8-10-22-47(43)53-36-54(48-23-11-9-20-45(48)42-31-32-50-49-24-12-13-25-55(49)61-56(50)35-42)60-58(59-53)40-28-26-39(27-29-40)57-46-21-7-5-17-41(46)34-52-44-19-6-4-16-38(44)30-33-51(52)57/h1-36H. The van der Waals surface area contributed by atoms with E-state index in [0.717, 1.165) is 77.8 Å². The fraction of sp³-hybridized carbons (Fsp3) is 0. The van der Waals surface area contributed by atoms with E-state index in [2.05, 4.69) is 206 Å². The summed E-state index contributed by atoms with van der Waals surface area (Å²) in [4.78, 5) is 10.8. The van der Waals surface area contributed by atoms with Gasteiger partial charge in [-0.1, -0.05) is 188 Å². The van der Waals surface area contributed by atoms with E-state index in [4.69, 9.17) is 14.4 Å². The summed E-state index contributed by atoms with van der Waals surface area (Å²) in [5.74, 6) is 0.665. The molecule has 0 bridgehead atoms. The van der Waals surface area contributed by atoms with Crippen molar-refractivity contribution in [1.29, 1.82) is 0 Å². The SMILES string of the molecule is c1ccc(-c2ccccc2-c2cc(-c3ccccc3-c3ccc4c(c3)oc3ccccc34)nc(-c3ccc(-c4c5ccccc5cc5c4ccc4ccccc45)cc3)n2)cc1. The van der Waals surface area contributed by atoms with Gasteiger partial charge in [0.2, 0.25) is 0 Å². The first-order chi connectivity index (χ1) is 30.2. The molecule has 2 aromatic heterocycles. The second-order valence-corrected chi connectivity index (χ2v) is 15.7. The Morgan fingerprint density at radius 3 is 1.57 bits per heavy atom. The molecule has 0 atom stereocenters. The molecule has 0 aliphatic rings. The van der Waals surface area contributed by atoms with E-state index in [-0.39, 0.29) is 0 Å². The molecule has 61 heavy (non-hydrogen) atoms. The maximum Gasteiger partial charge on any atom is 0.160 e. The number of benzene rings is 10. The van der Waals surface area contributed by atoms with Crippen molar-refractivity contribution in [3.05, 3.63) is 218 Å². The molecular formula is C58H36N2O. The number of nitrogens with zero attached hydrogens (tertiary/aromatic N) is 2. The highest BCUT2D eigenvalue weighted by Gasteiger charge is 2.18. The minimum absolute atomic E-state index is 0.665. The number of furan rings is 1. The molecule has 0 aliphatic carbocycles. The molecule has 12 rings (SSSR count). The molecule has 10 aromatic carbocycles. The van der Waals surface area contributed by atoms with Crippen molar-refractivity contribution >= 4 is 54.3 Å². The van der Waals surface area contributed by atoms with E-state index < -0.39 is 0 Å². The van der Waals surface area contributed by atoms with Gasteiger partial charge in [0.1, 0.15) is 11.2 Å². The summed E-state index contributed by atoms with van der Waals surface area (Å²) in [5.41, 5.74) is 13.2. The Morgan fingerprint density at radius 1 is 0.279 bits per heavy atom. The Labute approximate surface area is 352 Å². The topological polar surface area (TPSA) is 38.9 Å². The zero-order valence-electron chi connectivity index (χ0n) is 33.1. The molecule has 284 valence electrons. The van der Waals surface area contributed by atoms with Gasteiger partial charge in [-0.2, -0.15) is 0 Å². The molecule has 12 aromatic rings. The normalized spacial score (nSPS) is 11.6. The van der Waals surface area contributed by atoms with Crippen LogP contribution in [0.3, 0.4) is 0 Å². The summed E-state index contributed by atoms with van der Waals surface area (Å²) in [5, 5.41) is 9.67. The molecular weight excluding hydrogens is 741 g/mol. The van der Waals surface area contributed by atoms with Crippen LogP contribution >= 0.6 is 0 Å². The number of aromatic nitrogens is 2. The Morgan fingerprint density at radius 2 is 0.820 bits per heavy atom. The van der Waals surface area contributed by atoms with Gasteiger partial charge in [0.15, 0.2) is 5.82 Å². The zero-order chi connectivity index (χ0) is 40.3. The van der Waals surface area contributed by atoms with Crippen molar-refractivity contribution in [3.63, 3.8) is 0 Å². The average molecular weight is 777 g/mol. The molecule has 0 saturated heterocycles. The fourth-order valence-electron chi connectivity index (χ4n) is 9.20. The number of rotatable bonds is 6. The molecule has 0 fully saturated rings. The van der Waals surface area contributed by atoms with Crippen molar-refractivity contribution in [2.45, 2.75) is 0 Å². The van der Waals surface area contributed by atoms with Gasteiger partial charge in [0.25, 0.3) is 0 Å². The van der Waals surface area contributed by atoms with Crippen molar-refractivity contribution in [2.75, 3.05) is 0 Å². The Bertz CT molecular complexity index is 3640. The van der Waals surface area contributed by atoms with E-state index in [0.29, 0.717) is 5.82 Å². The maximum absolute atomic E-state index is 6.35. The fourth-order valence-corrected chi connectivity index (χ4v) is 9.20. The summed E-state index contributed by atoms with van der Waals surface area (Å²) in [6, 6.07) is 77.5. The second kappa shape index (κ2) is 14.3. The van der Waals surface area contributed by atoms with Gasteiger partial charge in [-0.3, -0.25) is 0 Å². The van der Waals surface area contributed by atoms with Crippen molar-refractivity contribution in [2.24, 2.45) is 0 Å². The number of hydrogen-bond donors (Lipinski definition) is 0. The quantitative estimate of drug-likeness (QED) is 0.125. The minimum Gasteiger partial charge on any atom is -0.456 e. The Hall–Kier alpha value is -8.14. The molecule has 0 amide bonds. The summed E-state index contributed by atoms with van der Waals surface area (Å²) >= 11 is 0. The van der Waals surface area contributed by atoms with Crippen LogP contribution in [0.2, 0.25) is 0 Å². The van der Waals surface area contributed by atoms with Crippen molar-refractivity contribution in [3.8, 4) is 67.3 Å². The summed E-state index contributed by atoms with van der Waals surface area (Å²) < 4.78 is 6.35. The van der Waals surface area contributed by atoms with Gasteiger partial charge in [-0.25, -0.2) is 9.97 Å². The second-order valence-electron chi connectivity index (χ2n) is 15.7. The van der Waals surface area contributed by atoms with Gasteiger partial charge >= 0.3 is 0 Å². The molecule has 0 N–H and O–H groups in total. The maximum atomic E-state index is 6.35. The van der Waals surface area contributed by atoms with Crippen LogP contribution in [0.25, 0.3) is 122 Å². The predicted octanol–water partition coefficient (Wildman–Crippen LogP) is 15.8. The van der Waals surface area contributed by atoms with E-state index >= 15 is 0 Å². The molecule has 0 radical (unpaired) electrons. The van der Waals surface area contributed by atoms with E-state index in [9.17, 15) is 0 Å².